The van der Waals surface area contributed by atoms with Crippen LogP contribution in [-0.2, 0) is 4.74 Å². The van der Waals surface area contributed by atoms with Crippen molar-refractivity contribution in [1.82, 2.24) is 10.6 Å². The Bertz CT molecular complexity index is 512. The first kappa shape index (κ1) is 19.3. The van der Waals surface area contributed by atoms with Gasteiger partial charge in [0.25, 0.3) is 0 Å². The van der Waals surface area contributed by atoms with Crippen molar-refractivity contribution in [3.8, 4) is 0 Å². The molecule has 0 spiro atoms. The second-order valence-corrected chi connectivity index (χ2v) is 5.83. The van der Waals surface area contributed by atoms with E-state index < -0.39 is 29.8 Å². The highest BCUT2D eigenvalue weighted by molar-refractivity contribution is 5.74. The van der Waals surface area contributed by atoms with Crippen LogP contribution in [0, 0.1) is 17.6 Å². The molecule has 7 heteroatoms. The number of carbonyl (C=O) groups is 1. The maximum absolute atomic E-state index is 13.6. The van der Waals surface area contributed by atoms with Crippen LogP contribution in [0.1, 0.15) is 32.4 Å². The summed E-state index contributed by atoms with van der Waals surface area (Å²) in [5, 5.41) is 14.7. The fraction of sp³-hybridized carbons (Fsp3) is 0.562. The molecule has 1 rings (SSSR count). The molecule has 0 aliphatic heterocycles. The minimum Gasteiger partial charge on any atom is -0.389 e. The Hall–Kier alpha value is -1.73. The van der Waals surface area contributed by atoms with E-state index in [2.05, 4.69) is 10.6 Å². The van der Waals surface area contributed by atoms with Crippen LogP contribution in [0.2, 0.25) is 0 Å². The van der Waals surface area contributed by atoms with Gasteiger partial charge in [0.1, 0.15) is 11.6 Å². The number of urea groups is 1. The molecule has 130 valence electrons. The Labute approximate surface area is 135 Å². The topological polar surface area (TPSA) is 70.6 Å². The van der Waals surface area contributed by atoms with E-state index in [0.29, 0.717) is 12.5 Å². The van der Waals surface area contributed by atoms with E-state index in [9.17, 15) is 18.7 Å². The lowest BCUT2D eigenvalue weighted by Crippen LogP contribution is -2.42. The molecule has 1 aromatic rings. The summed E-state index contributed by atoms with van der Waals surface area (Å²) in [6, 6.07) is 1.99. The number of rotatable bonds is 8. The maximum Gasteiger partial charge on any atom is 0.315 e. The van der Waals surface area contributed by atoms with Gasteiger partial charge in [-0.1, -0.05) is 19.9 Å². The summed E-state index contributed by atoms with van der Waals surface area (Å²) in [5.41, 5.74) is 0.183. The highest BCUT2D eigenvalue weighted by atomic mass is 19.1. The van der Waals surface area contributed by atoms with Crippen LogP contribution in [0.15, 0.2) is 18.2 Å². The normalized spacial score (nSPS) is 13.7. The average molecular weight is 330 g/mol. The number of benzene rings is 1. The first-order chi connectivity index (χ1) is 10.8. The number of hydrogen-bond donors (Lipinski definition) is 3. The summed E-state index contributed by atoms with van der Waals surface area (Å²) in [6.07, 6.45) is -0.822. The van der Waals surface area contributed by atoms with Crippen molar-refractivity contribution in [3.05, 3.63) is 35.4 Å². The monoisotopic (exact) mass is 330 g/mol. The van der Waals surface area contributed by atoms with E-state index in [1.807, 2.05) is 13.8 Å². The molecule has 1 aromatic carbocycles. The molecule has 3 N–H and O–H groups in total. The lowest BCUT2D eigenvalue weighted by atomic mass is 10.1. The van der Waals surface area contributed by atoms with E-state index in [1.165, 1.54) is 6.07 Å². The largest absolute Gasteiger partial charge is 0.389 e. The zero-order valence-corrected chi connectivity index (χ0v) is 13.6. The number of halogens is 2. The number of aliphatic hydroxyl groups is 1. The fourth-order valence-electron chi connectivity index (χ4n) is 1.89. The molecule has 5 nitrogen and oxygen atoms in total. The van der Waals surface area contributed by atoms with E-state index in [4.69, 9.17) is 4.74 Å². The van der Waals surface area contributed by atoms with E-state index in [-0.39, 0.29) is 18.7 Å². The molecular formula is C16H24F2N2O3. The quantitative estimate of drug-likeness (QED) is 0.685. The van der Waals surface area contributed by atoms with Crippen LogP contribution in [-0.4, -0.2) is 37.0 Å². The van der Waals surface area contributed by atoms with E-state index >= 15 is 0 Å². The smallest absolute Gasteiger partial charge is 0.315 e. The Morgan fingerprint density at radius 1 is 1.26 bits per heavy atom. The molecule has 0 fully saturated rings. The van der Waals surface area contributed by atoms with Crippen LogP contribution in [0.4, 0.5) is 13.6 Å². The van der Waals surface area contributed by atoms with E-state index in [1.54, 1.807) is 6.92 Å². The van der Waals surface area contributed by atoms with Gasteiger partial charge >= 0.3 is 6.03 Å². The van der Waals surface area contributed by atoms with Gasteiger partial charge < -0.3 is 20.5 Å². The molecule has 0 aliphatic rings. The van der Waals surface area contributed by atoms with Gasteiger partial charge in [0.05, 0.1) is 18.8 Å². The first-order valence-corrected chi connectivity index (χ1v) is 7.54. The van der Waals surface area contributed by atoms with Gasteiger partial charge in [-0.25, -0.2) is 13.6 Å². The third kappa shape index (κ3) is 7.38. The van der Waals surface area contributed by atoms with Gasteiger partial charge in [0, 0.05) is 24.8 Å². The van der Waals surface area contributed by atoms with Gasteiger partial charge in [-0.2, -0.15) is 0 Å². The molecular weight excluding hydrogens is 306 g/mol. The van der Waals surface area contributed by atoms with Crippen molar-refractivity contribution in [2.24, 2.45) is 5.92 Å². The van der Waals surface area contributed by atoms with Crippen LogP contribution in [0.5, 0.6) is 0 Å². The molecule has 23 heavy (non-hydrogen) atoms. The van der Waals surface area contributed by atoms with Gasteiger partial charge in [-0.05, 0) is 18.9 Å². The zero-order chi connectivity index (χ0) is 17.4. The second-order valence-electron chi connectivity index (χ2n) is 5.83. The summed E-state index contributed by atoms with van der Waals surface area (Å²) >= 11 is 0. The van der Waals surface area contributed by atoms with Crippen molar-refractivity contribution in [2.45, 2.75) is 32.9 Å². The summed E-state index contributed by atoms with van der Waals surface area (Å²) in [5.74, 6) is -1.03. The Morgan fingerprint density at radius 3 is 2.57 bits per heavy atom. The highest BCUT2D eigenvalue weighted by Crippen LogP contribution is 2.17. The molecule has 0 radical (unpaired) electrons. The summed E-state index contributed by atoms with van der Waals surface area (Å²) in [6.45, 7) is 6.24. The van der Waals surface area contributed by atoms with Crippen molar-refractivity contribution in [3.63, 3.8) is 0 Å². The standard InChI is InChI=1S/C16H24F2N2O3/c1-10(2)8-23-9-13(21)7-19-16(22)20-11(3)14-5-4-12(17)6-15(14)18/h4-6,10-11,13,21H,7-9H2,1-3H3,(H2,19,20,22). The average Bonchev–Trinajstić information content (AvgIpc) is 2.44. The summed E-state index contributed by atoms with van der Waals surface area (Å²) in [4.78, 5) is 11.7. The molecule has 0 bridgehead atoms. The highest BCUT2D eigenvalue weighted by Gasteiger charge is 2.15. The molecule has 2 unspecified atom stereocenters. The SMILES string of the molecule is CC(C)COCC(O)CNC(=O)NC(C)c1ccc(F)cc1F. The third-order valence-corrected chi connectivity index (χ3v) is 3.04. The first-order valence-electron chi connectivity index (χ1n) is 7.54. The minimum atomic E-state index is -0.822. The molecule has 2 amide bonds. The van der Waals surface area contributed by atoms with Crippen LogP contribution < -0.4 is 10.6 Å². The third-order valence-electron chi connectivity index (χ3n) is 3.04. The summed E-state index contributed by atoms with van der Waals surface area (Å²) in [7, 11) is 0. The minimum absolute atomic E-state index is 0.0164. The molecule has 0 aromatic heterocycles. The maximum atomic E-state index is 13.6. The predicted molar refractivity (Wildman–Crippen MR) is 83.0 cm³/mol. The Morgan fingerprint density at radius 2 is 1.96 bits per heavy atom. The number of ether oxygens (including phenoxy) is 1. The number of hydrogen-bond acceptors (Lipinski definition) is 3. The van der Waals surface area contributed by atoms with Crippen molar-refractivity contribution >= 4 is 6.03 Å². The molecule has 2 atom stereocenters. The molecule has 0 heterocycles. The number of amides is 2. The lowest BCUT2D eigenvalue weighted by Gasteiger charge is -2.17. The fourth-order valence-corrected chi connectivity index (χ4v) is 1.89. The van der Waals surface area contributed by atoms with Crippen LogP contribution in [0.25, 0.3) is 0 Å². The van der Waals surface area contributed by atoms with Gasteiger partial charge in [0.15, 0.2) is 0 Å². The molecule has 0 aliphatic carbocycles. The zero-order valence-electron chi connectivity index (χ0n) is 13.6. The number of aliphatic hydroxyl groups excluding tert-OH is 1. The predicted octanol–water partition coefficient (Wildman–Crippen LogP) is 2.36. The van der Waals surface area contributed by atoms with Gasteiger partial charge in [-0.3, -0.25) is 0 Å². The Kier molecular flexibility index (Phi) is 7.91. The summed E-state index contributed by atoms with van der Waals surface area (Å²) < 4.78 is 31.7. The Balaban J connectivity index is 2.35. The molecule has 0 saturated heterocycles. The van der Waals surface area contributed by atoms with Gasteiger partial charge in [0.2, 0.25) is 0 Å². The molecule has 0 saturated carbocycles. The number of nitrogens with one attached hydrogen (secondary N) is 2. The van der Waals surface area contributed by atoms with Gasteiger partial charge in [-0.15, -0.1) is 0 Å². The lowest BCUT2D eigenvalue weighted by molar-refractivity contribution is 0.0272. The van der Waals surface area contributed by atoms with Crippen molar-refractivity contribution in [2.75, 3.05) is 19.8 Å². The van der Waals surface area contributed by atoms with Crippen molar-refractivity contribution < 1.29 is 23.4 Å². The number of carbonyl (C=O) groups excluding carboxylic acids is 1. The second kappa shape index (κ2) is 9.42. The van der Waals surface area contributed by atoms with Crippen LogP contribution in [0.3, 0.4) is 0 Å². The van der Waals surface area contributed by atoms with E-state index in [0.717, 1.165) is 12.1 Å². The van der Waals surface area contributed by atoms with Crippen LogP contribution >= 0.6 is 0 Å². The van der Waals surface area contributed by atoms with Crippen molar-refractivity contribution in [1.29, 1.82) is 0 Å².